The van der Waals surface area contributed by atoms with Gasteiger partial charge in [0, 0.05) is 31.7 Å². The average Bonchev–Trinajstić information content (AvgIpc) is 3.11. The number of hydrogen-bond donors (Lipinski definition) is 1. The molecule has 1 N–H and O–H groups in total. The summed E-state index contributed by atoms with van der Waals surface area (Å²) in [7, 11) is -3.28. The summed E-state index contributed by atoms with van der Waals surface area (Å²) < 4.78 is 28.3. The summed E-state index contributed by atoms with van der Waals surface area (Å²) in [6.07, 6.45) is 7.19. The van der Waals surface area contributed by atoms with Gasteiger partial charge in [0.25, 0.3) is 5.91 Å². The van der Waals surface area contributed by atoms with Crippen molar-refractivity contribution in [1.29, 1.82) is 0 Å². The van der Waals surface area contributed by atoms with Gasteiger partial charge in [-0.1, -0.05) is 6.92 Å². The van der Waals surface area contributed by atoms with Crippen molar-refractivity contribution in [2.45, 2.75) is 32.4 Å². The molecule has 0 radical (unpaired) electrons. The summed E-state index contributed by atoms with van der Waals surface area (Å²) in [5, 5.41) is 7.11. The molecule has 0 bridgehead atoms. The lowest BCUT2D eigenvalue weighted by atomic mass is 10.1. The van der Waals surface area contributed by atoms with E-state index in [1.807, 2.05) is 17.7 Å². The van der Waals surface area contributed by atoms with E-state index in [2.05, 4.69) is 20.4 Å². The van der Waals surface area contributed by atoms with Crippen molar-refractivity contribution in [3.63, 3.8) is 0 Å². The number of nitrogens with zero attached hydrogens (tertiary/aromatic N) is 5. The van der Waals surface area contributed by atoms with Gasteiger partial charge in [0.2, 0.25) is 10.0 Å². The molecule has 2 aromatic rings. The van der Waals surface area contributed by atoms with E-state index >= 15 is 0 Å². The predicted molar refractivity (Wildman–Crippen MR) is 94.7 cm³/mol. The van der Waals surface area contributed by atoms with Gasteiger partial charge in [0.05, 0.1) is 30.2 Å². The van der Waals surface area contributed by atoms with E-state index in [0.29, 0.717) is 32.5 Å². The Morgan fingerprint density at radius 3 is 2.92 bits per heavy atom. The standard InChI is InChI=1S/C16H22N6O3S/c1-2-9-26(24,25)21-11-13(22-14(12-21)4-6-20-22)3-5-19-16(23)15-10-17-7-8-18-15/h4,6-8,10,13H,2-3,5,9,11-12H2,1H3,(H,19,23)/t13-/m1/s1. The van der Waals surface area contributed by atoms with Gasteiger partial charge in [-0.25, -0.2) is 13.4 Å². The van der Waals surface area contributed by atoms with E-state index in [0.717, 1.165) is 5.69 Å². The van der Waals surface area contributed by atoms with Gasteiger partial charge in [-0.05, 0) is 18.9 Å². The first-order valence-electron chi connectivity index (χ1n) is 8.55. The molecule has 0 aromatic carbocycles. The minimum atomic E-state index is -3.28. The Bertz CT molecular complexity index is 852. The molecule has 1 atom stereocenters. The zero-order valence-corrected chi connectivity index (χ0v) is 15.4. The highest BCUT2D eigenvalue weighted by atomic mass is 32.2. The van der Waals surface area contributed by atoms with Crippen molar-refractivity contribution in [3.05, 3.63) is 42.2 Å². The summed E-state index contributed by atoms with van der Waals surface area (Å²) in [5.74, 6) is -0.165. The lowest BCUT2D eigenvalue weighted by Crippen LogP contribution is -2.43. The van der Waals surface area contributed by atoms with Gasteiger partial charge >= 0.3 is 0 Å². The van der Waals surface area contributed by atoms with Crippen LogP contribution < -0.4 is 5.32 Å². The number of carbonyl (C=O) groups is 1. The van der Waals surface area contributed by atoms with Gasteiger partial charge in [-0.2, -0.15) is 9.40 Å². The van der Waals surface area contributed by atoms with Gasteiger partial charge in [0.15, 0.2) is 0 Å². The van der Waals surface area contributed by atoms with Crippen LogP contribution in [0.1, 0.15) is 42.0 Å². The van der Waals surface area contributed by atoms with Crippen LogP contribution in [0.15, 0.2) is 30.9 Å². The minimum Gasteiger partial charge on any atom is -0.351 e. The zero-order chi connectivity index (χ0) is 18.6. The summed E-state index contributed by atoms with van der Waals surface area (Å²) in [4.78, 5) is 19.9. The molecule has 0 saturated carbocycles. The lowest BCUT2D eigenvalue weighted by molar-refractivity contribution is 0.0944. The fourth-order valence-electron chi connectivity index (χ4n) is 3.03. The molecule has 10 heteroatoms. The van der Waals surface area contributed by atoms with Crippen LogP contribution in [0.5, 0.6) is 0 Å². The second-order valence-corrected chi connectivity index (χ2v) is 8.25. The normalized spacial score (nSPS) is 17.7. The highest BCUT2D eigenvalue weighted by molar-refractivity contribution is 7.89. The monoisotopic (exact) mass is 378 g/mol. The zero-order valence-electron chi connectivity index (χ0n) is 14.6. The lowest BCUT2D eigenvalue weighted by Gasteiger charge is -2.33. The van der Waals surface area contributed by atoms with Crippen molar-refractivity contribution in [2.24, 2.45) is 0 Å². The van der Waals surface area contributed by atoms with Crippen molar-refractivity contribution in [2.75, 3.05) is 18.8 Å². The maximum Gasteiger partial charge on any atom is 0.271 e. The van der Waals surface area contributed by atoms with Crippen molar-refractivity contribution < 1.29 is 13.2 Å². The highest BCUT2D eigenvalue weighted by Gasteiger charge is 2.32. The fraction of sp³-hybridized carbons (Fsp3) is 0.500. The van der Waals surface area contributed by atoms with Crippen LogP contribution in [0.25, 0.3) is 0 Å². The Morgan fingerprint density at radius 1 is 1.35 bits per heavy atom. The molecule has 0 fully saturated rings. The van der Waals surface area contributed by atoms with E-state index in [4.69, 9.17) is 0 Å². The molecule has 3 rings (SSSR count). The highest BCUT2D eigenvalue weighted by Crippen LogP contribution is 2.25. The molecule has 140 valence electrons. The molecule has 3 heterocycles. The Labute approximate surface area is 152 Å². The number of carbonyl (C=O) groups excluding carboxylic acids is 1. The number of sulfonamides is 1. The van der Waals surface area contributed by atoms with E-state index < -0.39 is 10.0 Å². The number of aromatic nitrogens is 4. The van der Waals surface area contributed by atoms with E-state index in [-0.39, 0.29) is 23.4 Å². The van der Waals surface area contributed by atoms with Crippen LogP contribution in [-0.4, -0.2) is 57.2 Å². The summed E-state index contributed by atoms with van der Waals surface area (Å²) in [6.45, 7) is 2.94. The van der Waals surface area contributed by atoms with E-state index in [9.17, 15) is 13.2 Å². The van der Waals surface area contributed by atoms with Gasteiger partial charge in [-0.3, -0.25) is 14.5 Å². The number of rotatable bonds is 7. The van der Waals surface area contributed by atoms with Gasteiger partial charge in [0.1, 0.15) is 5.69 Å². The molecule has 9 nitrogen and oxygen atoms in total. The third kappa shape index (κ3) is 4.07. The molecular formula is C16H22N6O3S. The Kier molecular flexibility index (Phi) is 5.62. The number of hydrogen-bond acceptors (Lipinski definition) is 6. The molecule has 0 spiro atoms. The summed E-state index contributed by atoms with van der Waals surface area (Å²) in [6, 6.07) is 1.71. The Balaban J connectivity index is 1.64. The molecule has 1 aliphatic heterocycles. The average molecular weight is 378 g/mol. The van der Waals surface area contributed by atoms with Gasteiger partial charge in [-0.15, -0.1) is 0 Å². The van der Waals surface area contributed by atoms with Gasteiger partial charge < -0.3 is 5.32 Å². The molecule has 26 heavy (non-hydrogen) atoms. The summed E-state index contributed by atoms with van der Waals surface area (Å²) >= 11 is 0. The topological polar surface area (TPSA) is 110 Å². The molecule has 0 unspecified atom stereocenters. The largest absolute Gasteiger partial charge is 0.351 e. The second kappa shape index (κ2) is 7.92. The predicted octanol–water partition coefficient (Wildman–Crippen LogP) is 0.590. The van der Waals surface area contributed by atoms with Crippen LogP contribution in [0.2, 0.25) is 0 Å². The quantitative estimate of drug-likeness (QED) is 0.755. The van der Waals surface area contributed by atoms with Crippen LogP contribution in [0.4, 0.5) is 0 Å². The smallest absolute Gasteiger partial charge is 0.271 e. The van der Waals surface area contributed by atoms with Crippen molar-refractivity contribution in [3.8, 4) is 0 Å². The Hall–Kier alpha value is -2.33. The third-order valence-electron chi connectivity index (χ3n) is 4.27. The second-order valence-electron chi connectivity index (χ2n) is 6.16. The number of nitrogens with one attached hydrogen (secondary N) is 1. The van der Waals surface area contributed by atoms with E-state index in [1.165, 1.54) is 22.9 Å². The Morgan fingerprint density at radius 2 is 2.19 bits per heavy atom. The van der Waals surface area contributed by atoms with Crippen LogP contribution in [-0.2, 0) is 16.6 Å². The molecule has 0 aliphatic carbocycles. The molecule has 2 aromatic heterocycles. The molecule has 1 aliphatic rings. The fourth-order valence-corrected chi connectivity index (χ4v) is 4.53. The van der Waals surface area contributed by atoms with Crippen LogP contribution in [0.3, 0.4) is 0 Å². The first-order valence-corrected chi connectivity index (χ1v) is 10.2. The number of amides is 1. The van der Waals surface area contributed by atoms with E-state index in [1.54, 1.807) is 6.20 Å². The first-order chi connectivity index (χ1) is 12.5. The molecule has 1 amide bonds. The van der Waals surface area contributed by atoms with Crippen LogP contribution >= 0.6 is 0 Å². The SMILES string of the molecule is CCCS(=O)(=O)N1Cc2ccnn2[C@H](CCNC(=O)c2cnccn2)C1. The summed E-state index contributed by atoms with van der Waals surface area (Å²) in [5.41, 5.74) is 1.12. The van der Waals surface area contributed by atoms with Crippen LogP contribution in [0, 0.1) is 0 Å². The maximum absolute atomic E-state index is 12.4. The molecule has 0 saturated heterocycles. The third-order valence-corrected chi connectivity index (χ3v) is 6.25. The first kappa shape index (κ1) is 18.5. The minimum absolute atomic E-state index is 0.123. The number of fused-ring (bicyclic) bond motifs is 1. The molecular weight excluding hydrogens is 356 g/mol. The van der Waals surface area contributed by atoms with Crippen molar-refractivity contribution in [1.82, 2.24) is 29.4 Å². The maximum atomic E-state index is 12.4. The van der Waals surface area contributed by atoms with Crippen molar-refractivity contribution >= 4 is 15.9 Å².